The summed E-state index contributed by atoms with van der Waals surface area (Å²) in [6.07, 6.45) is 6.58. The second-order valence-electron chi connectivity index (χ2n) is 9.62. The molecule has 3 heterocycles. The van der Waals surface area contributed by atoms with Gasteiger partial charge in [0.2, 0.25) is 5.95 Å². The minimum absolute atomic E-state index is 0.0433. The fourth-order valence-corrected chi connectivity index (χ4v) is 5.04. The fourth-order valence-electron chi connectivity index (χ4n) is 5.04. The van der Waals surface area contributed by atoms with Crippen molar-refractivity contribution < 1.29 is 14.3 Å². The first kappa shape index (κ1) is 23.2. The van der Waals surface area contributed by atoms with Gasteiger partial charge in [-0.05, 0) is 48.4 Å². The van der Waals surface area contributed by atoms with E-state index < -0.39 is 11.7 Å². The lowest BCUT2D eigenvalue weighted by atomic mass is 9.93. The van der Waals surface area contributed by atoms with Crippen molar-refractivity contribution in [2.75, 3.05) is 17.2 Å². The van der Waals surface area contributed by atoms with Crippen molar-refractivity contribution in [3.05, 3.63) is 82.4 Å². The Morgan fingerprint density at radius 2 is 2.03 bits per heavy atom. The summed E-state index contributed by atoms with van der Waals surface area (Å²) in [5, 5.41) is 10.4. The van der Waals surface area contributed by atoms with Crippen LogP contribution in [0, 0.1) is 5.82 Å². The third kappa shape index (κ3) is 4.33. The monoisotopic (exact) mass is 499 g/mol. The fraction of sp³-hybridized carbons (Fsp3) is 0.296. The number of aryl methyl sites for hydroxylation is 1. The van der Waals surface area contributed by atoms with Gasteiger partial charge in [0.05, 0.1) is 36.3 Å². The number of nitrogens with zero attached hydrogens (tertiary/aromatic N) is 6. The topological polar surface area (TPSA) is 123 Å². The van der Waals surface area contributed by atoms with Crippen molar-refractivity contribution in [3.63, 3.8) is 0 Å². The first-order valence-electron chi connectivity index (χ1n) is 12.3. The summed E-state index contributed by atoms with van der Waals surface area (Å²) in [5.41, 5.74) is 10.1. The second-order valence-corrected chi connectivity index (χ2v) is 9.62. The maximum absolute atomic E-state index is 15.1. The molecule has 0 bridgehead atoms. The summed E-state index contributed by atoms with van der Waals surface area (Å²) < 4.78 is 16.9. The SMILES string of the molecule is Cn1cnc(Cc2nc(N)nc(-c3cccc(N4CCc5cc(C6CC6)cc(F)c5C4=O)c3CO)n2)c1. The zero-order valence-electron chi connectivity index (χ0n) is 20.4. The predicted molar refractivity (Wildman–Crippen MR) is 135 cm³/mol. The van der Waals surface area contributed by atoms with Crippen LogP contribution in [-0.2, 0) is 26.5 Å². The molecular weight excluding hydrogens is 473 g/mol. The van der Waals surface area contributed by atoms with Crippen LogP contribution in [0.15, 0.2) is 42.9 Å². The number of carbonyl (C=O) groups excluding carboxylic acids is 1. The molecule has 37 heavy (non-hydrogen) atoms. The summed E-state index contributed by atoms with van der Waals surface area (Å²) >= 11 is 0. The van der Waals surface area contributed by atoms with Crippen molar-refractivity contribution in [2.45, 2.75) is 38.2 Å². The number of nitrogen functional groups attached to an aromatic ring is 1. The quantitative estimate of drug-likeness (QED) is 0.418. The maximum Gasteiger partial charge on any atom is 0.261 e. The molecule has 4 aromatic rings. The number of imidazole rings is 1. The van der Waals surface area contributed by atoms with E-state index in [1.807, 2.05) is 23.9 Å². The van der Waals surface area contributed by atoms with Crippen LogP contribution < -0.4 is 10.6 Å². The van der Waals surface area contributed by atoms with Gasteiger partial charge in [0.25, 0.3) is 5.91 Å². The van der Waals surface area contributed by atoms with E-state index in [1.54, 1.807) is 24.5 Å². The van der Waals surface area contributed by atoms with Crippen molar-refractivity contribution >= 4 is 17.5 Å². The highest BCUT2D eigenvalue weighted by Crippen LogP contribution is 2.42. The number of fused-ring (bicyclic) bond motifs is 1. The van der Waals surface area contributed by atoms with E-state index in [2.05, 4.69) is 19.9 Å². The molecule has 1 aliphatic carbocycles. The van der Waals surface area contributed by atoms with E-state index in [4.69, 9.17) is 5.73 Å². The van der Waals surface area contributed by atoms with E-state index in [-0.39, 0.29) is 23.9 Å². The Bertz CT molecular complexity index is 1530. The van der Waals surface area contributed by atoms with Gasteiger partial charge in [0, 0.05) is 30.9 Å². The highest BCUT2D eigenvalue weighted by molar-refractivity contribution is 6.09. The largest absolute Gasteiger partial charge is 0.392 e. The lowest BCUT2D eigenvalue weighted by molar-refractivity contribution is 0.0976. The smallest absolute Gasteiger partial charge is 0.261 e. The third-order valence-corrected chi connectivity index (χ3v) is 6.94. The number of hydrogen-bond acceptors (Lipinski definition) is 7. The Labute approximate surface area is 212 Å². The molecule has 10 heteroatoms. The van der Waals surface area contributed by atoms with E-state index in [1.165, 1.54) is 11.0 Å². The molecular formula is C27H26FN7O2. The van der Waals surface area contributed by atoms with Gasteiger partial charge >= 0.3 is 0 Å². The number of amides is 1. The molecule has 0 atom stereocenters. The minimum Gasteiger partial charge on any atom is -0.392 e. The van der Waals surface area contributed by atoms with Gasteiger partial charge < -0.3 is 20.3 Å². The standard InChI is InChI=1S/C27H26FN7O2/c1-34-12-18(30-14-34)11-23-31-25(33-27(29)32-23)19-3-2-4-22(20(19)13-36)35-8-7-16-9-17(15-5-6-15)10-21(28)24(16)26(35)37/h2-4,9-10,12,14-15,36H,5-8,11,13H2,1H3,(H2,29,31,32,33). The first-order chi connectivity index (χ1) is 17.9. The van der Waals surface area contributed by atoms with Gasteiger partial charge in [-0.15, -0.1) is 0 Å². The molecule has 2 aliphatic rings. The van der Waals surface area contributed by atoms with E-state index in [0.717, 1.165) is 29.7 Å². The van der Waals surface area contributed by atoms with E-state index >= 15 is 4.39 Å². The summed E-state index contributed by atoms with van der Waals surface area (Å²) in [4.78, 5) is 32.5. The predicted octanol–water partition coefficient (Wildman–Crippen LogP) is 3.16. The normalized spacial score (nSPS) is 15.2. The van der Waals surface area contributed by atoms with Gasteiger partial charge in [0.1, 0.15) is 11.6 Å². The first-order valence-corrected chi connectivity index (χ1v) is 12.3. The third-order valence-electron chi connectivity index (χ3n) is 6.94. The molecule has 0 saturated heterocycles. The van der Waals surface area contributed by atoms with Crippen LogP contribution in [0.4, 0.5) is 16.0 Å². The molecule has 1 amide bonds. The Morgan fingerprint density at radius 3 is 2.76 bits per heavy atom. The number of benzene rings is 2. The number of hydrogen-bond donors (Lipinski definition) is 2. The molecule has 3 N–H and O–H groups in total. The zero-order valence-corrected chi connectivity index (χ0v) is 20.4. The maximum atomic E-state index is 15.1. The lowest BCUT2D eigenvalue weighted by Gasteiger charge is -2.31. The average Bonchev–Trinajstić information content (AvgIpc) is 3.65. The molecule has 1 aliphatic heterocycles. The van der Waals surface area contributed by atoms with Crippen LogP contribution in [0.2, 0.25) is 0 Å². The van der Waals surface area contributed by atoms with Gasteiger partial charge in [-0.25, -0.2) is 14.4 Å². The highest BCUT2D eigenvalue weighted by Gasteiger charge is 2.33. The summed E-state index contributed by atoms with van der Waals surface area (Å²) in [5.74, 6) is 0.267. The van der Waals surface area contributed by atoms with Crippen LogP contribution >= 0.6 is 0 Å². The molecule has 2 aromatic heterocycles. The van der Waals surface area contributed by atoms with Crippen LogP contribution in [0.3, 0.4) is 0 Å². The Hall–Kier alpha value is -4.18. The molecule has 0 unspecified atom stereocenters. The summed E-state index contributed by atoms with van der Waals surface area (Å²) in [6.45, 7) is 0.00647. The molecule has 9 nitrogen and oxygen atoms in total. The number of halogens is 1. The molecule has 0 radical (unpaired) electrons. The number of anilines is 2. The lowest BCUT2D eigenvalue weighted by Crippen LogP contribution is -2.39. The number of rotatable bonds is 6. The highest BCUT2D eigenvalue weighted by atomic mass is 19.1. The molecule has 188 valence electrons. The molecule has 1 saturated carbocycles. The Morgan fingerprint density at radius 1 is 1.19 bits per heavy atom. The minimum atomic E-state index is -0.486. The van der Waals surface area contributed by atoms with E-state index in [9.17, 15) is 9.90 Å². The Balaban J connectivity index is 1.37. The van der Waals surface area contributed by atoms with Gasteiger partial charge in [-0.3, -0.25) is 4.79 Å². The Kier molecular flexibility index (Phi) is 5.68. The number of aliphatic hydroxyl groups excluding tert-OH is 1. The zero-order chi connectivity index (χ0) is 25.7. The van der Waals surface area contributed by atoms with Gasteiger partial charge in [-0.2, -0.15) is 9.97 Å². The number of aliphatic hydroxyl groups is 1. The molecule has 1 fully saturated rings. The van der Waals surface area contributed by atoms with Crippen LogP contribution in [0.5, 0.6) is 0 Å². The van der Waals surface area contributed by atoms with Crippen LogP contribution in [-0.4, -0.2) is 42.1 Å². The second kappa shape index (κ2) is 9.04. The molecule has 6 rings (SSSR count). The number of aromatic nitrogens is 5. The van der Waals surface area contributed by atoms with Crippen LogP contribution in [0.25, 0.3) is 11.4 Å². The summed E-state index contributed by atoms with van der Waals surface area (Å²) in [7, 11) is 1.88. The number of nitrogens with two attached hydrogens (primary N) is 1. The van der Waals surface area contributed by atoms with E-state index in [0.29, 0.717) is 47.9 Å². The molecule has 2 aromatic carbocycles. The van der Waals surface area contributed by atoms with Gasteiger partial charge in [-0.1, -0.05) is 18.2 Å². The van der Waals surface area contributed by atoms with Crippen LogP contribution in [0.1, 0.15) is 57.3 Å². The van der Waals surface area contributed by atoms with Crippen molar-refractivity contribution in [2.24, 2.45) is 7.05 Å². The van der Waals surface area contributed by atoms with Gasteiger partial charge in [0.15, 0.2) is 5.82 Å². The number of carbonyl (C=O) groups is 1. The molecule has 0 spiro atoms. The average molecular weight is 500 g/mol. The van der Waals surface area contributed by atoms with Crippen molar-refractivity contribution in [3.8, 4) is 11.4 Å². The van der Waals surface area contributed by atoms with Crippen molar-refractivity contribution in [1.29, 1.82) is 0 Å². The summed E-state index contributed by atoms with van der Waals surface area (Å²) in [6, 6.07) is 8.74. The van der Waals surface area contributed by atoms with Crippen molar-refractivity contribution in [1.82, 2.24) is 24.5 Å².